The Morgan fingerprint density at radius 2 is 2.00 bits per heavy atom. The van der Waals surface area contributed by atoms with Crippen molar-refractivity contribution in [2.75, 3.05) is 13.7 Å². The third kappa shape index (κ3) is 5.62. The van der Waals surface area contributed by atoms with Crippen LogP contribution in [0.3, 0.4) is 0 Å². The zero-order valence-corrected chi connectivity index (χ0v) is 12.5. The summed E-state index contributed by atoms with van der Waals surface area (Å²) in [6.45, 7) is 6.33. The molecule has 13 heavy (non-hydrogen) atoms. The molecular weight excluding hydrogens is 193 g/mol. The number of methoxy groups -OCH3 is 1. The van der Waals surface area contributed by atoms with Gasteiger partial charge in [0.2, 0.25) is 0 Å². The Labute approximate surface area is 123 Å². The molecule has 1 rings (SSSR count). The van der Waals surface area contributed by atoms with Crippen LogP contribution < -0.4 is 51.4 Å². The number of rotatable bonds is 2. The normalized spacial score (nSPS) is 25.5. The molecule has 0 amide bonds. The molecule has 1 saturated heterocycles. The minimum absolute atomic E-state index is 0. The standard InChI is InChI=1S/C7H12NO2.C2H6.K/c1-5(9)7-6(10-2)3-4-8-7;1-2;/h6-7H,3-4H2,1-2H3;1-2H3;/q-1;;+1. The fourth-order valence-corrected chi connectivity index (χ4v) is 1.25. The van der Waals surface area contributed by atoms with Gasteiger partial charge in [0.05, 0.1) is 0 Å². The molecule has 1 fully saturated rings. The SMILES string of the molecule is CC.COC1CC[N-]C1C(C)=O.[K+]. The van der Waals surface area contributed by atoms with Crippen molar-refractivity contribution in [3.63, 3.8) is 0 Å². The first-order valence-electron chi connectivity index (χ1n) is 4.45. The van der Waals surface area contributed by atoms with Gasteiger partial charge in [-0.1, -0.05) is 13.8 Å². The third-order valence-corrected chi connectivity index (χ3v) is 1.81. The van der Waals surface area contributed by atoms with Crippen LogP contribution in [0.5, 0.6) is 0 Å². The predicted octanol–water partition coefficient (Wildman–Crippen LogP) is -1.23. The molecule has 3 nitrogen and oxygen atoms in total. The Bertz CT molecular complexity index is 142. The Morgan fingerprint density at radius 1 is 1.46 bits per heavy atom. The predicted molar refractivity (Wildman–Crippen MR) is 49.5 cm³/mol. The van der Waals surface area contributed by atoms with Crippen LogP contribution in [0.1, 0.15) is 27.2 Å². The van der Waals surface area contributed by atoms with E-state index in [4.69, 9.17) is 4.74 Å². The van der Waals surface area contributed by atoms with Crippen molar-refractivity contribution < 1.29 is 60.9 Å². The van der Waals surface area contributed by atoms with E-state index < -0.39 is 0 Å². The molecule has 0 aromatic carbocycles. The molecule has 0 saturated carbocycles. The number of ketones is 1. The van der Waals surface area contributed by atoms with E-state index in [1.807, 2.05) is 13.8 Å². The number of nitrogens with zero attached hydrogens (tertiary/aromatic N) is 1. The molecule has 1 aliphatic heterocycles. The van der Waals surface area contributed by atoms with E-state index in [2.05, 4.69) is 5.32 Å². The molecule has 72 valence electrons. The van der Waals surface area contributed by atoms with Crippen molar-refractivity contribution >= 4 is 5.78 Å². The van der Waals surface area contributed by atoms with Crippen LogP contribution >= 0.6 is 0 Å². The molecular formula is C9H18KNO2. The second kappa shape index (κ2) is 9.77. The average Bonchev–Trinajstić information content (AvgIpc) is 2.55. The van der Waals surface area contributed by atoms with Gasteiger partial charge in [0, 0.05) is 13.2 Å². The van der Waals surface area contributed by atoms with Gasteiger partial charge < -0.3 is 14.8 Å². The maximum atomic E-state index is 10.8. The number of carbonyl (C=O) groups excluding carboxylic acids is 1. The Hall–Kier alpha value is 1.23. The molecule has 0 radical (unpaired) electrons. The Morgan fingerprint density at radius 3 is 2.31 bits per heavy atom. The Kier molecular flexibility index (Phi) is 12.5. The maximum Gasteiger partial charge on any atom is 1.00 e. The first kappa shape index (κ1) is 16.6. The van der Waals surface area contributed by atoms with Gasteiger partial charge in [0.1, 0.15) is 5.78 Å². The van der Waals surface area contributed by atoms with E-state index in [-0.39, 0.29) is 69.3 Å². The van der Waals surface area contributed by atoms with Crippen molar-refractivity contribution in [1.82, 2.24) is 0 Å². The van der Waals surface area contributed by atoms with E-state index in [1.165, 1.54) is 0 Å². The van der Waals surface area contributed by atoms with Crippen molar-refractivity contribution in [3.8, 4) is 0 Å². The van der Waals surface area contributed by atoms with Gasteiger partial charge in [0.15, 0.2) is 0 Å². The van der Waals surface area contributed by atoms with Gasteiger partial charge in [-0.15, -0.1) is 6.54 Å². The molecule has 0 aromatic rings. The second-order valence-electron chi connectivity index (χ2n) is 2.52. The summed E-state index contributed by atoms with van der Waals surface area (Å²) in [6, 6.07) is -0.190. The zero-order valence-electron chi connectivity index (χ0n) is 9.33. The van der Waals surface area contributed by atoms with Crippen molar-refractivity contribution in [2.24, 2.45) is 0 Å². The van der Waals surface area contributed by atoms with Gasteiger partial charge in [-0.3, -0.25) is 0 Å². The van der Waals surface area contributed by atoms with Crippen LogP contribution in [-0.2, 0) is 9.53 Å². The first-order chi connectivity index (χ1) is 5.75. The fraction of sp³-hybridized carbons (Fsp3) is 0.889. The number of carbonyl (C=O) groups is 1. The van der Waals surface area contributed by atoms with Crippen LogP contribution in [0.15, 0.2) is 0 Å². The summed E-state index contributed by atoms with van der Waals surface area (Å²) in [5.41, 5.74) is 0. The summed E-state index contributed by atoms with van der Waals surface area (Å²) in [7, 11) is 1.63. The number of Topliss-reactive ketones (excluding diaryl/α,β-unsaturated/α-hetero) is 1. The average molecular weight is 211 g/mol. The monoisotopic (exact) mass is 211 g/mol. The Balaban J connectivity index is 0. The summed E-state index contributed by atoms with van der Waals surface area (Å²) >= 11 is 0. The molecule has 4 heteroatoms. The molecule has 1 heterocycles. The van der Waals surface area contributed by atoms with E-state index in [0.29, 0.717) is 0 Å². The van der Waals surface area contributed by atoms with Crippen LogP contribution in [0.2, 0.25) is 0 Å². The maximum absolute atomic E-state index is 10.8. The molecule has 0 N–H and O–H groups in total. The van der Waals surface area contributed by atoms with Crippen molar-refractivity contribution in [2.45, 2.75) is 39.3 Å². The summed E-state index contributed by atoms with van der Waals surface area (Å²) in [4.78, 5) is 10.8. The molecule has 2 atom stereocenters. The van der Waals surface area contributed by atoms with E-state index >= 15 is 0 Å². The molecule has 0 aliphatic carbocycles. The minimum Gasteiger partial charge on any atom is -0.651 e. The molecule has 0 bridgehead atoms. The van der Waals surface area contributed by atoms with Crippen LogP contribution in [0, 0.1) is 0 Å². The van der Waals surface area contributed by atoms with Crippen molar-refractivity contribution in [3.05, 3.63) is 5.32 Å². The van der Waals surface area contributed by atoms with Crippen LogP contribution in [0.25, 0.3) is 5.32 Å². The molecule has 1 aliphatic rings. The topological polar surface area (TPSA) is 40.4 Å². The van der Waals surface area contributed by atoms with E-state index in [9.17, 15) is 4.79 Å². The summed E-state index contributed by atoms with van der Waals surface area (Å²) in [5.74, 6) is 0.115. The third-order valence-electron chi connectivity index (χ3n) is 1.81. The molecule has 0 aromatic heterocycles. The van der Waals surface area contributed by atoms with Gasteiger partial charge in [0.25, 0.3) is 0 Å². The van der Waals surface area contributed by atoms with Crippen molar-refractivity contribution in [1.29, 1.82) is 0 Å². The van der Waals surface area contributed by atoms with Gasteiger partial charge in [-0.05, 0) is 19.4 Å². The van der Waals surface area contributed by atoms with Gasteiger partial charge in [-0.25, -0.2) is 0 Å². The summed E-state index contributed by atoms with van der Waals surface area (Å²) in [5, 5.41) is 4.11. The quantitative estimate of drug-likeness (QED) is 0.537. The second-order valence-corrected chi connectivity index (χ2v) is 2.52. The smallest absolute Gasteiger partial charge is 0.651 e. The first-order valence-corrected chi connectivity index (χ1v) is 4.45. The van der Waals surface area contributed by atoms with Gasteiger partial charge in [-0.2, -0.15) is 0 Å². The summed E-state index contributed by atoms with van der Waals surface area (Å²) in [6.07, 6.45) is 0.929. The largest absolute Gasteiger partial charge is 1.00 e. The molecule has 0 spiro atoms. The minimum atomic E-state index is -0.190. The summed E-state index contributed by atoms with van der Waals surface area (Å²) < 4.78 is 5.07. The van der Waals surface area contributed by atoms with E-state index in [1.54, 1.807) is 14.0 Å². The number of hydrogen-bond acceptors (Lipinski definition) is 2. The number of ether oxygens (including phenoxy) is 1. The van der Waals surface area contributed by atoms with Crippen LogP contribution in [0.4, 0.5) is 0 Å². The van der Waals surface area contributed by atoms with Crippen LogP contribution in [-0.4, -0.2) is 31.6 Å². The zero-order chi connectivity index (χ0) is 9.56. The van der Waals surface area contributed by atoms with Gasteiger partial charge >= 0.3 is 51.4 Å². The molecule has 2 unspecified atom stereocenters. The number of hydrogen-bond donors (Lipinski definition) is 0. The fourth-order valence-electron chi connectivity index (χ4n) is 1.25. The van der Waals surface area contributed by atoms with E-state index in [0.717, 1.165) is 13.0 Å².